The zero-order valence-electron chi connectivity index (χ0n) is 15.0. The van der Waals surface area contributed by atoms with Gasteiger partial charge < -0.3 is 0 Å². The molecule has 1 aliphatic rings. The molecule has 0 saturated heterocycles. The van der Waals surface area contributed by atoms with Crippen LogP contribution < -0.4 is 0 Å². The molecule has 0 bridgehead atoms. The van der Waals surface area contributed by atoms with Crippen molar-refractivity contribution in [2.75, 3.05) is 0 Å². The zero-order chi connectivity index (χ0) is 17.8. The molecule has 0 atom stereocenters. The minimum Gasteiger partial charge on any atom is -0.0732 e. The van der Waals surface area contributed by atoms with Crippen LogP contribution in [0.4, 0.5) is 0 Å². The smallest absolute Gasteiger partial charge is 0.0204 e. The van der Waals surface area contributed by atoms with Crippen molar-refractivity contribution in [1.82, 2.24) is 0 Å². The summed E-state index contributed by atoms with van der Waals surface area (Å²) in [5, 5.41) is 5.37. The maximum absolute atomic E-state index is 2.26. The molecule has 0 saturated carbocycles. The quantitative estimate of drug-likeness (QED) is 0.323. The summed E-state index contributed by atoms with van der Waals surface area (Å²) in [6, 6.07) is 29.9. The first-order valence-electron chi connectivity index (χ1n) is 9.10. The summed E-state index contributed by atoms with van der Waals surface area (Å²) in [7, 11) is 0. The topological polar surface area (TPSA) is 0 Å². The van der Waals surface area contributed by atoms with Crippen molar-refractivity contribution >= 4 is 21.5 Å². The Balaban J connectivity index is 0.000000136. The van der Waals surface area contributed by atoms with Crippen LogP contribution in [-0.2, 0) is 0 Å². The molecule has 0 fully saturated rings. The molecule has 0 spiro atoms. The van der Waals surface area contributed by atoms with E-state index >= 15 is 0 Å². The van der Waals surface area contributed by atoms with Gasteiger partial charge in [-0.15, -0.1) is 0 Å². The standard InChI is InChI=1S/C15H12.C11H10/c1-11-14-8-4-2-6-12(14)10-13-7-3-5-9-15(11)13;1-2-6-10(7-3-1)11-8-4-5-9-11/h2-10H,1H3;1-9,11H. The molecule has 0 heteroatoms. The van der Waals surface area contributed by atoms with Crippen molar-refractivity contribution in [2.45, 2.75) is 12.8 Å². The highest BCUT2D eigenvalue weighted by Gasteiger charge is 2.04. The lowest BCUT2D eigenvalue weighted by molar-refractivity contribution is 1.10. The summed E-state index contributed by atoms with van der Waals surface area (Å²) in [6.45, 7) is 2.20. The van der Waals surface area contributed by atoms with Gasteiger partial charge in [-0.3, -0.25) is 0 Å². The molecule has 4 aromatic carbocycles. The van der Waals surface area contributed by atoms with E-state index in [4.69, 9.17) is 0 Å². The van der Waals surface area contributed by atoms with E-state index < -0.39 is 0 Å². The molecular weight excluding hydrogens is 312 g/mol. The van der Waals surface area contributed by atoms with Gasteiger partial charge in [-0.1, -0.05) is 103 Å². The molecule has 5 rings (SSSR count). The number of rotatable bonds is 1. The lowest BCUT2D eigenvalue weighted by Gasteiger charge is -2.06. The van der Waals surface area contributed by atoms with Gasteiger partial charge >= 0.3 is 0 Å². The fourth-order valence-electron chi connectivity index (χ4n) is 3.57. The number of allylic oxidation sites excluding steroid dienone is 4. The van der Waals surface area contributed by atoms with Crippen LogP contribution in [0.15, 0.2) is 109 Å². The molecule has 126 valence electrons. The Kier molecular flexibility index (Phi) is 4.66. The Morgan fingerprint density at radius 2 is 1.08 bits per heavy atom. The fraction of sp³-hybridized carbons (Fsp3) is 0.0769. The summed E-state index contributed by atoms with van der Waals surface area (Å²) in [4.78, 5) is 0. The molecule has 0 radical (unpaired) electrons. The second-order valence-corrected chi connectivity index (χ2v) is 6.65. The van der Waals surface area contributed by atoms with Crippen LogP contribution in [0.1, 0.15) is 17.0 Å². The molecule has 0 aliphatic heterocycles. The van der Waals surface area contributed by atoms with Crippen LogP contribution in [0.2, 0.25) is 0 Å². The van der Waals surface area contributed by atoms with Gasteiger partial charge in [0.25, 0.3) is 0 Å². The number of hydrogen-bond donors (Lipinski definition) is 0. The van der Waals surface area contributed by atoms with Gasteiger partial charge in [-0.2, -0.15) is 0 Å². The third-order valence-electron chi connectivity index (χ3n) is 4.97. The minimum atomic E-state index is 0.510. The average Bonchev–Trinajstić information content (AvgIpc) is 3.24. The molecule has 4 aromatic rings. The molecule has 0 heterocycles. The van der Waals surface area contributed by atoms with Crippen LogP contribution in [-0.4, -0.2) is 0 Å². The van der Waals surface area contributed by atoms with Gasteiger partial charge in [0.15, 0.2) is 0 Å². The van der Waals surface area contributed by atoms with Crippen LogP contribution in [0, 0.1) is 6.92 Å². The molecule has 0 unspecified atom stereocenters. The minimum absolute atomic E-state index is 0.510. The largest absolute Gasteiger partial charge is 0.0732 e. The normalized spacial score (nSPS) is 13.1. The Hall–Kier alpha value is -3.12. The first-order chi connectivity index (χ1) is 12.8. The van der Waals surface area contributed by atoms with E-state index in [0.717, 1.165) is 0 Å². The third kappa shape index (κ3) is 3.32. The molecule has 26 heavy (non-hydrogen) atoms. The van der Waals surface area contributed by atoms with E-state index in [9.17, 15) is 0 Å². The number of hydrogen-bond acceptors (Lipinski definition) is 0. The van der Waals surface area contributed by atoms with Crippen LogP contribution in [0.5, 0.6) is 0 Å². The second kappa shape index (κ2) is 7.41. The summed E-state index contributed by atoms with van der Waals surface area (Å²) in [5.41, 5.74) is 2.75. The molecule has 0 amide bonds. The SMILES string of the molecule is C1=CC(c2ccccc2)C=C1.Cc1c2ccccc2cc2ccccc12. The van der Waals surface area contributed by atoms with E-state index in [1.807, 2.05) is 6.07 Å². The maximum Gasteiger partial charge on any atom is 0.0204 e. The fourth-order valence-corrected chi connectivity index (χ4v) is 3.57. The third-order valence-corrected chi connectivity index (χ3v) is 4.97. The lowest BCUT2D eigenvalue weighted by Crippen LogP contribution is -1.86. The van der Waals surface area contributed by atoms with Gasteiger partial charge in [-0.05, 0) is 45.7 Å². The number of aryl methyl sites for hydroxylation is 1. The van der Waals surface area contributed by atoms with Crippen LogP contribution in [0.3, 0.4) is 0 Å². The molecular formula is C26H22. The van der Waals surface area contributed by atoms with Gasteiger partial charge in [0.1, 0.15) is 0 Å². The van der Waals surface area contributed by atoms with Crippen LogP contribution in [0.25, 0.3) is 21.5 Å². The molecule has 1 aliphatic carbocycles. The zero-order valence-corrected chi connectivity index (χ0v) is 15.0. The highest BCUT2D eigenvalue weighted by atomic mass is 14.1. The highest BCUT2D eigenvalue weighted by molar-refractivity contribution is 6.01. The Bertz CT molecular complexity index is 1020. The van der Waals surface area contributed by atoms with Crippen LogP contribution >= 0.6 is 0 Å². The van der Waals surface area contributed by atoms with Crippen molar-refractivity contribution in [3.63, 3.8) is 0 Å². The van der Waals surface area contributed by atoms with Crippen molar-refractivity contribution in [3.8, 4) is 0 Å². The van der Waals surface area contributed by atoms with Gasteiger partial charge in [0, 0.05) is 5.92 Å². The predicted octanol–water partition coefficient (Wildman–Crippen LogP) is 7.20. The first-order valence-corrected chi connectivity index (χ1v) is 9.10. The van der Waals surface area contributed by atoms with Crippen molar-refractivity contribution in [3.05, 3.63) is 120 Å². The van der Waals surface area contributed by atoms with E-state index in [-0.39, 0.29) is 0 Å². The number of fused-ring (bicyclic) bond motifs is 2. The molecule has 0 nitrogen and oxygen atoms in total. The summed E-state index contributed by atoms with van der Waals surface area (Å²) < 4.78 is 0. The van der Waals surface area contributed by atoms with Gasteiger partial charge in [0.05, 0.1) is 0 Å². The average molecular weight is 334 g/mol. The van der Waals surface area contributed by atoms with E-state index in [1.165, 1.54) is 32.7 Å². The summed E-state index contributed by atoms with van der Waals surface area (Å²) >= 11 is 0. The van der Waals surface area contributed by atoms with E-state index in [2.05, 4.69) is 110 Å². The van der Waals surface area contributed by atoms with E-state index in [1.54, 1.807) is 0 Å². The predicted molar refractivity (Wildman–Crippen MR) is 114 cm³/mol. The molecule has 0 aromatic heterocycles. The lowest BCUT2D eigenvalue weighted by atomic mass is 9.98. The summed E-state index contributed by atoms with van der Waals surface area (Å²) in [5.74, 6) is 0.510. The summed E-state index contributed by atoms with van der Waals surface area (Å²) in [6.07, 6.45) is 8.60. The molecule has 0 N–H and O–H groups in total. The van der Waals surface area contributed by atoms with Crippen molar-refractivity contribution < 1.29 is 0 Å². The van der Waals surface area contributed by atoms with Gasteiger partial charge in [0.2, 0.25) is 0 Å². The van der Waals surface area contributed by atoms with Crippen molar-refractivity contribution in [1.29, 1.82) is 0 Å². The Labute approximate surface area is 155 Å². The Morgan fingerprint density at radius 3 is 1.65 bits per heavy atom. The second-order valence-electron chi connectivity index (χ2n) is 6.65. The van der Waals surface area contributed by atoms with Gasteiger partial charge in [-0.25, -0.2) is 0 Å². The van der Waals surface area contributed by atoms with Crippen molar-refractivity contribution in [2.24, 2.45) is 0 Å². The van der Waals surface area contributed by atoms with E-state index in [0.29, 0.717) is 5.92 Å². The highest BCUT2D eigenvalue weighted by Crippen LogP contribution is 2.27. The Morgan fingerprint density at radius 1 is 0.577 bits per heavy atom. The monoisotopic (exact) mass is 334 g/mol. The maximum atomic E-state index is 2.26. The first kappa shape index (κ1) is 16.4. The number of benzene rings is 4.